The van der Waals surface area contributed by atoms with Crippen molar-refractivity contribution in [3.05, 3.63) is 95.2 Å². The van der Waals surface area contributed by atoms with E-state index in [0.717, 1.165) is 33.5 Å². The third kappa shape index (κ3) is 4.72. The molecular weight excluding hydrogens is 422 g/mol. The van der Waals surface area contributed by atoms with Gasteiger partial charge in [0.2, 0.25) is 0 Å². The van der Waals surface area contributed by atoms with Crippen molar-refractivity contribution in [2.75, 3.05) is 12.3 Å². The van der Waals surface area contributed by atoms with Gasteiger partial charge in [0, 0.05) is 16.8 Å². The first-order valence-electron chi connectivity index (χ1n) is 11.2. The first-order valence-corrected chi connectivity index (χ1v) is 11.2. The number of nitrogens with zero attached hydrogens (tertiary/aromatic N) is 2. The highest BCUT2D eigenvalue weighted by molar-refractivity contribution is 5.91. The Morgan fingerprint density at radius 2 is 1.65 bits per heavy atom. The third-order valence-corrected chi connectivity index (χ3v) is 5.59. The summed E-state index contributed by atoms with van der Waals surface area (Å²) in [7, 11) is 0. The van der Waals surface area contributed by atoms with Crippen LogP contribution in [0.2, 0.25) is 0 Å². The van der Waals surface area contributed by atoms with Crippen LogP contribution in [0.1, 0.15) is 29.3 Å². The van der Waals surface area contributed by atoms with Gasteiger partial charge in [-0.05, 0) is 49.6 Å². The number of ether oxygens (including phenoxy) is 2. The lowest BCUT2D eigenvalue weighted by Crippen LogP contribution is -2.04. The summed E-state index contributed by atoms with van der Waals surface area (Å²) >= 11 is 0. The highest BCUT2D eigenvalue weighted by Crippen LogP contribution is 2.41. The minimum absolute atomic E-state index is 0.215. The van der Waals surface area contributed by atoms with E-state index in [2.05, 4.69) is 30.1 Å². The molecule has 3 aromatic carbocycles. The van der Waals surface area contributed by atoms with Gasteiger partial charge in [-0.25, -0.2) is 4.98 Å². The van der Waals surface area contributed by atoms with E-state index in [0.29, 0.717) is 30.3 Å². The average Bonchev–Trinajstić information content (AvgIpc) is 2.83. The summed E-state index contributed by atoms with van der Waals surface area (Å²) in [5.74, 6) is 1.47. The zero-order chi connectivity index (χ0) is 24.1. The van der Waals surface area contributed by atoms with Gasteiger partial charge >= 0.3 is 0 Å². The van der Waals surface area contributed by atoms with E-state index in [1.807, 2.05) is 74.5 Å². The quantitative estimate of drug-likeness (QED) is 0.350. The minimum atomic E-state index is 0.215. The molecule has 5 nitrogen and oxygen atoms in total. The Balaban J connectivity index is 1.82. The molecule has 34 heavy (non-hydrogen) atoms. The van der Waals surface area contributed by atoms with E-state index in [4.69, 9.17) is 15.2 Å². The summed E-state index contributed by atoms with van der Waals surface area (Å²) in [6.45, 7) is 6.82. The largest absolute Gasteiger partial charge is 0.490 e. The van der Waals surface area contributed by atoms with Gasteiger partial charge in [0.15, 0.2) is 11.5 Å². The Bertz CT molecular complexity index is 1360. The maximum absolute atomic E-state index is 9.96. The van der Waals surface area contributed by atoms with Crippen LogP contribution >= 0.6 is 0 Å². The summed E-state index contributed by atoms with van der Waals surface area (Å²) in [6.07, 6.45) is 0. The number of nitrogens with two attached hydrogens (primary N) is 1. The fraction of sp³-hybridized carbons (Fsp3) is 0.172. The molecule has 0 radical (unpaired) electrons. The zero-order valence-electron chi connectivity index (χ0n) is 19.6. The number of nitrogen functional groups attached to an aromatic ring is 1. The minimum Gasteiger partial charge on any atom is -0.490 e. The Kier molecular flexibility index (Phi) is 6.79. The predicted molar refractivity (Wildman–Crippen MR) is 136 cm³/mol. The number of rotatable bonds is 7. The Hall–Kier alpha value is -4.30. The van der Waals surface area contributed by atoms with Crippen molar-refractivity contribution >= 4 is 5.82 Å². The first kappa shape index (κ1) is 22.9. The summed E-state index contributed by atoms with van der Waals surface area (Å²) in [6, 6.07) is 26.1. The second-order valence-electron chi connectivity index (χ2n) is 8.06. The lowest BCUT2D eigenvalue weighted by atomic mass is 9.90. The van der Waals surface area contributed by atoms with Crippen LogP contribution in [0.25, 0.3) is 22.3 Å². The second kappa shape index (κ2) is 10.1. The van der Waals surface area contributed by atoms with E-state index in [1.54, 1.807) is 0 Å². The van der Waals surface area contributed by atoms with E-state index in [-0.39, 0.29) is 5.82 Å². The van der Waals surface area contributed by atoms with Crippen LogP contribution in [0.3, 0.4) is 0 Å². The first-order chi connectivity index (χ1) is 16.5. The van der Waals surface area contributed by atoms with Crippen molar-refractivity contribution in [1.29, 1.82) is 5.26 Å². The second-order valence-corrected chi connectivity index (χ2v) is 8.06. The van der Waals surface area contributed by atoms with Crippen LogP contribution < -0.4 is 15.2 Å². The number of hydrogen-bond acceptors (Lipinski definition) is 5. The molecule has 0 amide bonds. The fourth-order valence-electron chi connectivity index (χ4n) is 4.10. The van der Waals surface area contributed by atoms with E-state index in [9.17, 15) is 5.26 Å². The Morgan fingerprint density at radius 1 is 0.853 bits per heavy atom. The van der Waals surface area contributed by atoms with Crippen molar-refractivity contribution in [2.45, 2.75) is 27.4 Å². The summed E-state index contributed by atoms with van der Waals surface area (Å²) in [5, 5.41) is 9.96. The molecule has 0 saturated carbocycles. The number of hydrogen-bond donors (Lipinski definition) is 1. The molecule has 0 saturated heterocycles. The van der Waals surface area contributed by atoms with Gasteiger partial charge in [-0.2, -0.15) is 5.26 Å². The van der Waals surface area contributed by atoms with Crippen LogP contribution in [-0.2, 0) is 6.61 Å². The van der Waals surface area contributed by atoms with Gasteiger partial charge in [-0.1, -0.05) is 66.2 Å². The molecule has 170 valence electrons. The molecule has 0 fully saturated rings. The molecule has 0 aliphatic rings. The normalized spacial score (nSPS) is 10.5. The van der Waals surface area contributed by atoms with Crippen LogP contribution in [0.15, 0.2) is 72.8 Å². The molecule has 0 atom stereocenters. The van der Waals surface area contributed by atoms with Crippen molar-refractivity contribution in [1.82, 2.24) is 4.98 Å². The van der Waals surface area contributed by atoms with Crippen molar-refractivity contribution < 1.29 is 9.47 Å². The van der Waals surface area contributed by atoms with Crippen LogP contribution in [-0.4, -0.2) is 11.6 Å². The van der Waals surface area contributed by atoms with Crippen LogP contribution in [0.5, 0.6) is 11.5 Å². The van der Waals surface area contributed by atoms with Crippen molar-refractivity contribution in [2.24, 2.45) is 0 Å². The maximum Gasteiger partial charge on any atom is 0.161 e. The molecule has 0 spiro atoms. The zero-order valence-corrected chi connectivity index (χ0v) is 19.6. The molecule has 1 heterocycles. The van der Waals surface area contributed by atoms with Gasteiger partial charge in [-0.15, -0.1) is 0 Å². The Morgan fingerprint density at radius 3 is 2.35 bits per heavy atom. The monoisotopic (exact) mass is 449 g/mol. The summed E-state index contributed by atoms with van der Waals surface area (Å²) < 4.78 is 12.0. The van der Waals surface area contributed by atoms with Gasteiger partial charge in [0.25, 0.3) is 0 Å². The lowest BCUT2D eigenvalue weighted by Gasteiger charge is -2.18. The average molecular weight is 450 g/mol. The summed E-state index contributed by atoms with van der Waals surface area (Å²) in [5.41, 5.74) is 13.0. The number of aromatic nitrogens is 1. The van der Waals surface area contributed by atoms with Gasteiger partial charge < -0.3 is 15.2 Å². The predicted octanol–water partition coefficient (Wildman–Crippen LogP) is 6.46. The molecule has 2 N–H and O–H groups in total. The van der Waals surface area contributed by atoms with E-state index in [1.165, 1.54) is 5.56 Å². The highest BCUT2D eigenvalue weighted by atomic mass is 16.5. The third-order valence-electron chi connectivity index (χ3n) is 5.59. The van der Waals surface area contributed by atoms with Crippen molar-refractivity contribution in [3.8, 4) is 39.8 Å². The molecule has 0 bridgehead atoms. The summed E-state index contributed by atoms with van der Waals surface area (Å²) in [4.78, 5) is 4.45. The van der Waals surface area contributed by atoms with E-state index >= 15 is 0 Å². The molecule has 5 heteroatoms. The number of aryl methyl sites for hydroxylation is 2. The van der Waals surface area contributed by atoms with Crippen molar-refractivity contribution in [3.63, 3.8) is 0 Å². The molecule has 0 unspecified atom stereocenters. The standard InChI is InChI=1S/C29H27N3O2/c1-4-33-26-16-23(13-14-25(26)34-18-21-10-8-9-19(2)15-21)28-24(17-30)29(31)32-20(3)27(28)22-11-6-5-7-12-22/h5-16H,4,18H2,1-3H3,(H2,31,32). The molecule has 4 aromatic rings. The molecule has 4 rings (SSSR count). The smallest absolute Gasteiger partial charge is 0.161 e. The van der Waals surface area contributed by atoms with Gasteiger partial charge in [0.1, 0.15) is 24.1 Å². The highest BCUT2D eigenvalue weighted by Gasteiger charge is 2.21. The van der Waals surface area contributed by atoms with E-state index < -0.39 is 0 Å². The number of pyridine rings is 1. The molecule has 0 aliphatic heterocycles. The van der Waals surface area contributed by atoms with Gasteiger partial charge in [0.05, 0.1) is 6.61 Å². The number of benzene rings is 3. The molecular formula is C29H27N3O2. The fourth-order valence-corrected chi connectivity index (χ4v) is 4.10. The maximum atomic E-state index is 9.96. The lowest BCUT2D eigenvalue weighted by molar-refractivity contribution is 0.269. The van der Waals surface area contributed by atoms with Crippen LogP contribution in [0.4, 0.5) is 5.82 Å². The van der Waals surface area contributed by atoms with Crippen LogP contribution in [0, 0.1) is 25.2 Å². The number of anilines is 1. The Labute approximate surface area is 200 Å². The molecule has 0 aliphatic carbocycles. The SMILES string of the molecule is CCOc1cc(-c2c(C#N)c(N)nc(C)c2-c2ccccc2)ccc1OCc1cccc(C)c1. The molecule has 1 aromatic heterocycles. The van der Waals surface area contributed by atoms with Gasteiger partial charge in [-0.3, -0.25) is 0 Å². The topological polar surface area (TPSA) is 81.2 Å². The number of nitriles is 1.